The van der Waals surface area contributed by atoms with Crippen molar-refractivity contribution in [2.75, 3.05) is 6.54 Å². The van der Waals surface area contributed by atoms with Gasteiger partial charge in [-0.3, -0.25) is 28.6 Å². The minimum absolute atomic E-state index is 0. The van der Waals surface area contributed by atoms with E-state index in [9.17, 15) is 24.3 Å². The average Bonchev–Trinajstić information content (AvgIpc) is 1.60. The van der Waals surface area contributed by atoms with E-state index in [0.717, 1.165) is 112 Å². The molecular weight excluding hydrogens is 1470 g/mol. The third-order valence-electron chi connectivity index (χ3n) is 18.9. The molecule has 3 aliphatic heterocycles. The van der Waals surface area contributed by atoms with E-state index >= 15 is 0 Å². The monoisotopic (exact) mass is 1520 g/mol. The van der Waals surface area contributed by atoms with Gasteiger partial charge in [0, 0.05) is 51.8 Å². The first-order valence-corrected chi connectivity index (χ1v) is 37.5. The average molecular weight is 1530 g/mol. The van der Waals surface area contributed by atoms with Gasteiger partial charge in [0.2, 0.25) is 0 Å². The van der Waals surface area contributed by atoms with Crippen LogP contribution in [0.4, 0.5) is 0 Å². The Morgan fingerprint density at radius 3 is 1.61 bits per heavy atom. The summed E-state index contributed by atoms with van der Waals surface area (Å²) in [7, 11) is 0. The number of rotatable bonds is 11. The zero-order valence-corrected chi connectivity index (χ0v) is 64.3. The van der Waals surface area contributed by atoms with Crippen molar-refractivity contribution in [1.82, 2.24) is 38.5 Å². The molecule has 8 aromatic carbocycles. The zero-order valence-electron chi connectivity index (χ0n) is 58.1. The first-order chi connectivity index (χ1) is 52.4. The molecule has 18 heteroatoms. The largest absolute Gasteiger partial charge is 2.00 e. The van der Waals surface area contributed by atoms with Crippen LogP contribution < -0.4 is 30.2 Å². The Kier molecular flexibility index (Phi) is 19.4. The van der Waals surface area contributed by atoms with Crippen LogP contribution in [0.5, 0.6) is 0 Å². The van der Waals surface area contributed by atoms with Gasteiger partial charge < -0.3 is 24.2 Å². The Labute approximate surface area is 649 Å². The van der Waals surface area contributed by atoms with Gasteiger partial charge in [-0.05, 0) is 149 Å². The second kappa shape index (κ2) is 29.9. The summed E-state index contributed by atoms with van der Waals surface area (Å²) in [4.78, 5) is 76.5. The van der Waals surface area contributed by atoms with Crippen molar-refractivity contribution >= 4 is 154 Å². The van der Waals surface area contributed by atoms with Gasteiger partial charge in [-0.2, -0.15) is 0 Å². The molecule has 0 saturated carbocycles. The standard InChI is InChI=1S/C90H60N8O5S4.Zn/c1-3-95-83(86-96(4-2)85(102)90(104)107-86)89(103)106-87(95)88-97(54-80(99)100)84(101)79(105-88)53-58-31-29-55(30-32-58)35-40-65-69-42-46-73(91-69)81(61-23-13-7-14-24-61)75-48-44-71(93-75)66(72-45-49-76(94-72)82(62-25-15-8-16-26-62)74-47-43-70(65)92-74)41-36-57-37-50-78-68(52-57)64-27-17-18-28-77(64)98(78)63-38-33-56(34-39-63)51-67(59-19-9-5-10-20-59)60-21-11-6-12-22-60;/h5-34,37-39,42-53H,3-4,54H2,1-2H3,(H3,91,92,93,94,99,100,101,102,104);/q;+2/p-2/b69-65?,70-65?,71-66?,72-66?,81-73?,81-75?,82-74?,82-76?,86-83+,88-87+;. The van der Waals surface area contributed by atoms with Crippen LogP contribution in [0.2, 0.25) is 0 Å². The van der Waals surface area contributed by atoms with Crippen molar-refractivity contribution in [1.29, 1.82) is 0 Å². The van der Waals surface area contributed by atoms with Gasteiger partial charge in [0.15, 0.2) is 0 Å². The van der Waals surface area contributed by atoms with Crippen LogP contribution in [0.1, 0.15) is 81.1 Å². The number of hydrogen-bond acceptors (Lipinski definition) is 10. The van der Waals surface area contributed by atoms with Crippen molar-refractivity contribution in [3.8, 4) is 51.6 Å². The molecule has 6 aromatic heterocycles. The first kappa shape index (κ1) is 70.0. The number of carboxylic acids is 1. The van der Waals surface area contributed by atoms with Crippen LogP contribution in [-0.2, 0) is 42.2 Å². The second-order valence-electron chi connectivity index (χ2n) is 25.4. The summed E-state index contributed by atoms with van der Waals surface area (Å²) >= 11 is 8.40. The number of carboxylic acid groups (broad SMARTS) is 1. The Bertz CT molecular complexity index is 6770. The maximum atomic E-state index is 14.2. The molecule has 514 valence electrons. The quantitative estimate of drug-likeness (QED) is 0.0568. The van der Waals surface area contributed by atoms with Crippen molar-refractivity contribution in [3.63, 3.8) is 0 Å². The minimum atomic E-state index is -1.22. The number of aliphatic carboxylic acids is 1. The Morgan fingerprint density at radius 2 is 1.04 bits per heavy atom. The molecule has 17 rings (SSSR count). The summed E-state index contributed by atoms with van der Waals surface area (Å²) in [6, 6.07) is 80.4. The number of thiazole rings is 2. The second-order valence-corrected chi connectivity index (χ2v) is 29.1. The summed E-state index contributed by atoms with van der Waals surface area (Å²) in [5.41, 5.74) is 19.3. The maximum absolute atomic E-state index is 14.2. The van der Waals surface area contributed by atoms with Crippen LogP contribution in [0.15, 0.2) is 246 Å². The molecule has 1 saturated heterocycles. The molecule has 9 heterocycles. The number of nitrogens with zero attached hydrogens (tertiary/aromatic N) is 8. The predicted molar refractivity (Wildman–Crippen MR) is 439 cm³/mol. The number of para-hydroxylation sites is 1. The van der Waals surface area contributed by atoms with Gasteiger partial charge in [-0.25, -0.2) is 9.97 Å². The molecule has 1 N–H and O–H groups in total. The van der Waals surface area contributed by atoms with Gasteiger partial charge in [-0.1, -0.05) is 247 Å². The van der Waals surface area contributed by atoms with Gasteiger partial charge in [-0.15, -0.1) is 33.4 Å². The van der Waals surface area contributed by atoms with E-state index in [0.29, 0.717) is 94.5 Å². The Hall–Kier alpha value is -12.4. The number of thiocarbonyl (C=S) groups is 1. The molecule has 8 bridgehead atoms. The smallest absolute Gasteiger partial charge is 0.656 e. The number of aromatic nitrogens is 7. The number of thioether (sulfide) groups is 1. The molecular formula is C90H58N8O5S4Zn. The minimum Gasteiger partial charge on any atom is -0.656 e. The van der Waals surface area contributed by atoms with E-state index in [-0.39, 0.29) is 44.2 Å². The molecule has 0 unspecified atom stereocenters. The molecule has 14 aromatic rings. The Balaban J connectivity index is 0.00000890. The number of hydrogen-bond donors (Lipinski definition) is 1. The van der Waals surface area contributed by atoms with Crippen molar-refractivity contribution in [3.05, 3.63) is 343 Å². The van der Waals surface area contributed by atoms with Crippen molar-refractivity contribution in [2.24, 2.45) is 0 Å². The third kappa shape index (κ3) is 13.3. The fraction of sp³-hybridized carbons (Fsp3) is 0.0556. The third-order valence-corrected chi connectivity index (χ3v) is 22.5. The van der Waals surface area contributed by atoms with Gasteiger partial charge in [0.05, 0.1) is 38.3 Å². The molecule has 0 spiro atoms. The number of carbonyl (C=O) groups excluding carboxylic acids is 1. The molecule has 0 atom stereocenters. The molecule has 108 heavy (non-hydrogen) atoms. The van der Waals surface area contributed by atoms with Crippen LogP contribution in [0.3, 0.4) is 0 Å². The predicted octanol–water partition coefficient (Wildman–Crippen LogP) is 16.4. The summed E-state index contributed by atoms with van der Waals surface area (Å²) in [5, 5.41) is 12.9. The van der Waals surface area contributed by atoms with Gasteiger partial charge in [0.25, 0.3) is 16.2 Å². The number of benzene rings is 8. The van der Waals surface area contributed by atoms with Crippen molar-refractivity contribution in [2.45, 2.75) is 26.9 Å². The van der Waals surface area contributed by atoms with Gasteiger partial charge >= 0.3 is 25.4 Å². The SMILES string of the molecule is CCN1C(=O)C(=S)S/C1=c1\c(=O)s/c(=c2/sc(=Cc3ccc(C#Cc4c5nc(c(-c6ccccc6)c6ccc([n-]6)c(C#Cc6ccc7c(c6)c6ccccc6n7-c6ccc(C=C(c7ccccc7)c7ccccc7)cc6)c6nc(c(-c7ccccc7)c7ccc4[n-]7)C=C6)C=C5)cc3)c(=O)n2CC(=O)O)n1CC.[Zn+2]. The molecule has 1 amide bonds. The summed E-state index contributed by atoms with van der Waals surface area (Å²) in [6.45, 7) is 3.62. The Morgan fingerprint density at radius 1 is 0.528 bits per heavy atom. The normalized spacial score (nSPS) is 13.4. The van der Waals surface area contributed by atoms with E-state index in [1.807, 2.05) is 128 Å². The summed E-state index contributed by atoms with van der Waals surface area (Å²) in [5.74, 6) is 12.5. The number of fused-ring (bicyclic) bond motifs is 11. The van der Waals surface area contributed by atoms with Crippen LogP contribution in [0, 0.1) is 33.0 Å². The molecule has 0 aliphatic carbocycles. The van der Waals surface area contributed by atoms with E-state index in [1.165, 1.54) is 9.47 Å². The first-order valence-electron chi connectivity index (χ1n) is 34.6. The molecule has 3 aliphatic rings. The zero-order chi connectivity index (χ0) is 72.8. The topological polar surface area (TPSA) is 161 Å². The molecule has 1 fully saturated rings. The van der Waals surface area contributed by atoms with E-state index in [1.54, 1.807) is 17.6 Å². The fourth-order valence-electron chi connectivity index (χ4n) is 13.9. The number of amides is 1. The maximum Gasteiger partial charge on any atom is 2.00 e. The number of carbonyl (C=O) groups is 2. The van der Waals surface area contributed by atoms with E-state index in [4.69, 9.17) is 32.2 Å². The molecule has 0 radical (unpaired) electrons. The van der Waals surface area contributed by atoms with E-state index in [2.05, 4.69) is 174 Å². The van der Waals surface area contributed by atoms with E-state index < -0.39 is 18.1 Å². The van der Waals surface area contributed by atoms with Crippen molar-refractivity contribution < 1.29 is 34.2 Å². The van der Waals surface area contributed by atoms with Crippen LogP contribution in [-0.4, -0.2) is 56.3 Å². The van der Waals surface area contributed by atoms with Gasteiger partial charge in [0.1, 0.15) is 30.4 Å². The fourth-order valence-corrected chi connectivity index (χ4v) is 17.6. The summed E-state index contributed by atoms with van der Waals surface area (Å²) < 4.78 is 6.01. The molecule has 13 nitrogen and oxygen atoms in total. The van der Waals surface area contributed by atoms with Crippen LogP contribution >= 0.6 is 46.7 Å². The van der Waals surface area contributed by atoms with Crippen LogP contribution in [0.25, 0.3) is 119 Å². The summed E-state index contributed by atoms with van der Waals surface area (Å²) in [6.07, 6.45) is 12.0.